The van der Waals surface area contributed by atoms with Crippen molar-refractivity contribution in [1.29, 1.82) is 5.26 Å². The highest BCUT2D eigenvalue weighted by Crippen LogP contribution is 2.23. The van der Waals surface area contributed by atoms with E-state index in [0.717, 1.165) is 21.8 Å². The Balaban J connectivity index is 1.75. The normalized spacial score (nSPS) is 11.6. The first-order chi connectivity index (χ1) is 13.1. The van der Waals surface area contributed by atoms with Gasteiger partial charge in [-0.15, -0.1) is 0 Å². The Kier molecular flexibility index (Phi) is 6.37. The summed E-state index contributed by atoms with van der Waals surface area (Å²) in [5, 5.41) is 9.39. The lowest BCUT2D eigenvalue weighted by atomic mass is 10.0. The predicted octanol–water partition coefficient (Wildman–Crippen LogP) is 4.69. The van der Waals surface area contributed by atoms with E-state index in [0.29, 0.717) is 5.02 Å². The molecule has 8 heteroatoms. The number of rotatable bonds is 6. The topological polar surface area (TPSA) is 70.0 Å². The Bertz CT molecular complexity index is 915. The van der Waals surface area contributed by atoms with Gasteiger partial charge in [0.2, 0.25) is 0 Å². The smallest absolute Gasteiger partial charge is 0.152 e. The molecular formula is C19H13BrClFN4O. The quantitative estimate of drug-likeness (QED) is 0.537. The van der Waals surface area contributed by atoms with Crippen LogP contribution in [0.1, 0.15) is 22.9 Å². The van der Waals surface area contributed by atoms with E-state index in [1.807, 2.05) is 24.3 Å². The van der Waals surface area contributed by atoms with Crippen molar-refractivity contribution >= 4 is 27.5 Å². The van der Waals surface area contributed by atoms with Crippen LogP contribution in [0.25, 0.3) is 0 Å². The molecule has 5 nitrogen and oxygen atoms in total. The van der Waals surface area contributed by atoms with Crippen LogP contribution in [0.2, 0.25) is 5.02 Å². The number of nitriles is 1. The van der Waals surface area contributed by atoms with Crippen LogP contribution in [-0.2, 0) is 0 Å². The van der Waals surface area contributed by atoms with Crippen molar-refractivity contribution in [3.8, 4) is 11.8 Å². The minimum absolute atomic E-state index is 0.0478. The summed E-state index contributed by atoms with van der Waals surface area (Å²) in [4.78, 5) is 9.74. The van der Waals surface area contributed by atoms with E-state index < -0.39 is 5.82 Å². The van der Waals surface area contributed by atoms with Gasteiger partial charge in [0.15, 0.2) is 5.75 Å². The SMILES string of the molecule is N#Cc1ccc(ONN[C@H](c2ccc(Cl)cc2)c2ccc(Br)cn2)cc1F. The molecule has 0 aliphatic carbocycles. The van der Waals surface area contributed by atoms with E-state index in [2.05, 4.69) is 31.9 Å². The zero-order valence-corrected chi connectivity index (χ0v) is 16.1. The molecule has 0 aliphatic rings. The lowest BCUT2D eigenvalue weighted by Gasteiger charge is -2.19. The molecule has 0 saturated carbocycles. The highest BCUT2D eigenvalue weighted by atomic mass is 79.9. The van der Waals surface area contributed by atoms with E-state index in [4.69, 9.17) is 21.7 Å². The van der Waals surface area contributed by atoms with Gasteiger partial charge in [0.05, 0.1) is 17.3 Å². The van der Waals surface area contributed by atoms with Crippen LogP contribution in [-0.4, -0.2) is 4.98 Å². The first-order valence-electron chi connectivity index (χ1n) is 7.81. The molecular weight excluding hydrogens is 435 g/mol. The number of benzene rings is 2. The highest BCUT2D eigenvalue weighted by molar-refractivity contribution is 9.10. The fraction of sp³-hybridized carbons (Fsp3) is 0.0526. The van der Waals surface area contributed by atoms with Crippen molar-refractivity contribution in [1.82, 2.24) is 16.0 Å². The van der Waals surface area contributed by atoms with Gasteiger partial charge in [0.25, 0.3) is 0 Å². The monoisotopic (exact) mass is 446 g/mol. The molecule has 2 N–H and O–H groups in total. The molecule has 1 heterocycles. The highest BCUT2D eigenvalue weighted by Gasteiger charge is 2.15. The summed E-state index contributed by atoms with van der Waals surface area (Å²) in [5.74, 6) is -0.432. The van der Waals surface area contributed by atoms with Crippen LogP contribution < -0.4 is 15.9 Å². The zero-order chi connectivity index (χ0) is 19.2. The number of hydrazine groups is 1. The predicted molar refractivity (Wildman–Crippen MR) is 103 cm³/mol. The molecule has 0 aliphatic heterocycles. The van der Waals surface area contributed by atoms with Crippen molar-refractivity contribution in [2.24, 2.45) is 0 Å². The standard InChI is InChI=1S/C19H13BrClFN4O/c20-14-4-8-18(24-11-14)19(12-1-5-15(21)6-2-12)25-26-27-16-7-3-13(10-23)17(22)9-16/h1-9,11,19,25-26H/t19-/m1/s1. The largest absolute Gasteiger partial charge is 0.394 e. The van der Waals surface area contributed by atoms with Crippen molar-refractivity contribution in [2.45, 2.75) is 6.04 Å². The van der Waals surface area contributed by atoms with Crippen LogP contribution in [0, 0.1) is 17.1 Å². The van der Waals surface area contributed by atoms with E-state index in [-0.39, 0.29) is 17.4 Å². The second-order valence-corrected chi connectivity index (χ2v) is 6.84. The van der Waals surface area contributed by atoms with Gasteiger partial charge in [-0.05, 0) is 57.9 Å². The van der Waals surface area contributed by atoms with Gasteiger partial charge in [-0.3, -0.25) is 4.98 Å². The van der Waals surface area contributed by atoms with Crippen LogP contribution in [0.5, 0.6) is 5.75 Å². The maximum absolute atomic E-state index is 13.7. The number of halogens is 3. The lowest BCUT2D eigenvalue weighted by Crippen LogP contribution is -2.38. The number of hydrogen-bond acceptors (Lipinski definition) is 5. The number of hydrogen-bond donors (Lipinski definition) is 2. The summed E-state index contributed by atoms with van der Waals surface area (Å²) < 4.78 is 14.5. The minimum atomic E-state index is -0.652. The Morgan fingerprint density at radius 2 is 1.93 bits per heavy atom. The summed E-state index contributed by atoms with van der Waals surface area (Å²) >= 11 is 9.33. The third-order valence-corrected chi connectivity index (χ3v) is 4.40. The second-order valence-electron chi connectivity index (χ2n) is 5.49. The summed E-state index contributed by atoms with van der Waals surface area (Å²) in [5.41, 5.74) is 7.21. The average molecular weight is 448 g/mol. The van der Waals surface area contributed by atoms with Crippen LogP contribution in [0.3, 0.4) is 0 Å². The maximum Gasteiger partial charge on any atom is 0.152 e. The number of nitrogens with zero attached hydrogens (tertiary/aromatic N) is 2. The molecule has 0 radical (unpaired) electrons. The first kappa shape index (κ1) is 19.3. The Labute approximate surface area is 168 Å². The molecule has 3 aromatic rings. The molecule has 0 bridgehead atoms. The number of nitrogens with one attached hydrogen (secondary N) is 2. The molecule has 0 saturated heterocycles. The average Bonchev–Trinajstić information content (AvgIpc) is 2.67. The number of aromatic nitrogens is 1. The molecule has 0 spiro atoms. The first-order valence-corrected chi connectivity index (χ1v) is 8.98. The van der Waals surface area contributed by atoms with Crippen LogP contribution in [0.15, 0.2) is 65.3 Å². The Morgan fingerprint density at radius 3 is 2.56 bits per heavy atom. The molecule has 0 amide bonds. The maximum atomic E-state index is 13.7. The van der Waals surface area contributed by atoms with Crippen molar-refractivity contribution in [3.05, 3.63) is 92.9 Å². The Morgan fingerprint density at radius 1 is 1.15 bits per heavy atom. The van der Waals surface area contributed by atoms with Crippen molar-refractivity contribution < 1.29 is 9.23 Å². The fourth-order valence-electron chi connectivity index (χ4n) is 2.34. The van der Waals surface area contributed by atoms with Gasteiger partial charge >= 0.3 is 0 Å². The summed E-state index contributed by atoms with van der Waals surface area (Å²) in [6, 6.07) is 16.4. The lowest BCUT2D eigenvalue weighted by molar-refractivity contribution is 0.137. The van der Waals surface area contributed by atoms with Gasteiger partial charge in [-0.25, -0.2) is 9.82 Å². The molecule has 27 heavy (non-hydrogen) atoms. The zero-order valence-electron chi connectivity index (χ0n) is 13.8. The van der Waals surface area contributed by atoms with E-state index >= 15 is 0 Å². The second kappa shape index (κ2) is 8.93. The van der Waals surface area contributed by atoms with Gasteiger partial charge in [0, 0.05) is 21.8 Å². The molecule has 0 unspecified atom stereocenters. The molecule has 2 aromatic carbocycles. The number of pyridine rings is 1. The van der Waals surface area contributed by atoms with E-state index in [9.17, 15) is 4.39 Å². The van der Waals surface area contributed by atoms with Crippen LogP contribution >= 0.6 is 27.5 Å². The fourth-order valence-corrected chi connectivity index (χ4v) is 2.70. The molecule has 1 aromatic heterocycles. The summed E-state index contributed by atoms with van der Waals surface area (Å²) in [6.07, 6.45) is 1.69. The molecule has 1 atom stereocenters. The molecule has 0 fully saturated rings. The summed E-state index contributed by atoms with van der Waals surface area (Å²) in [6.45, 7) is 0. The van der Waals surface area contributed by atoms with Crippen LogP contribution in [0.4, 0.5) is 4.39 Å². The third-order valence-electron chi connectivity index (χ3n) is 3.68. The van der Waals surface area contributed by atoms with Gasteiger partial charge < -0.3 is 4.84 Å². The summed E-state index contributed by atoms with van der Waals surface area (Å²) in [7, 11) is 0. The van der Waals surface area contributed by atoms with E-state index in [1.165, 1.54) is 12.1 Å². The molecule has 136 valence electrons. The van der Waals surface area contributed by atoms with Crippen molar-refractivity contribution in [3.63, 3.8) is 0 Å². The Hall–Kier alpha value is -2.50. The molecule has 3 rings (SSSR count). The van der Waals surface area contributed by atoms with Gasteiger partial charge in [0.1, 0.15) is 11.9 Å². The van der Waals surface area contributed by atoms with Gasteiger partial charge in [-0.2, -0.15) is 5.26 Å². The van der Waals surface area contributed by atoms with Crippen molar-refractivity contribution in [2.75, 3.05) is 0 Å². The minimum Gasteiger partial charge on any atom is -0.394 e. The third kappa shape index (κ3) is 5.02. The van der Waals surface area contributed by atoms with E-state index in [1.54, 1.807) is 24.4 Å². The van der Waals surface area contributed by atoms with Gasteiger partial charge in [-0.1, -0.05) is 29.3 Å².